The molecule has 2 heterocycles. The van der Waals surface area contributed by atoms with Gasteiger partial charge in [-0.3, -0.25) is 9.78 Å². The molecule has 0 saturated carbocycles. The predicted octanol–water partition coefficient (Wildman–Crippen LogP) is 6.79. The second-order valence-electron chi connectivity index (χ2n) is 9.14. The number of pyridine rings is 1. The summed E-state index contributed by atoms with van der Waals surface area (Å²) in [6.07, 6.45) is 1.24. The van der Waals surface area contributed by atoms with Crippen LogP contribution in [-0.2, 0) is 4.79 Å². The van der Waals surface area contributed by atoms with Crippen molar-refractivity contribution in [2.75, 3.05) is 32.5 Å². The molecule has 2 aromatic carbocycles. The average molecular weight is 535 g/mol. The number of hydrogen-bond donors (Lipinski definition) is 1. The van der Waals surface area contributed by atoms with Gasteiger partial charge in [0.25, 0.3) is 0 Å². The first-order valence-corrected chi connectivity index (χ1v) is 13.3. The fourth-order valence-corrected chi connectivity index (χ4v) is 5.94. The number of likely N-dealkylation sites (tertiary alicyclic amines) is 1. The Morgan fingerprint density at radius 3 is 2.64 bits per heavy atom. The SMILES string of the molecule is COc1ccc2ncc(Cl)c([C@@H](F)CCC3(C(=O)O)CCN(CCSc4ccc(F)cc4)CC3)c2c1. The highest BCUT2D eigenvalue weighted by Crippen LogP contribution is 2.42. The number of piperidine rings is 1. The maximum atomic E-state index is 15.6. The molecule has 4 rings (SSSR count). The molecule has 1 aliphatic heterocycles. The Kier molecular flexibility index (Phi) is 8.70. The quantitative estimate of drug-likeness (QED) is 0.289. The van der Waals surface area contributed by atoms with E-state index in [2.05, 4.69) is 9.88 Å². The number of methoxy groups -OCH3 is 1. The van der Waals surface area contributed by atoms with E-state index in [1.165, 1.54) is 25.4 Å². The first-order valence-electron chi connectivity index (χ1n) is 11.9. The molecule has 0 aliphatic carbocycles. The summed E-state index contributed by atoms with van der Waals surface area (Å²) < 4.78 is 33.9. The lowest BCUT2D eigenvalue weighted by atomic mass is 9.74. The molecule has 192 valence electrons. The fraction of sp³-hybridized carbons (Fsp3) is 0.407. The van der Waals surface area contributed by atoms with E-state index in [4.69, 9.17) is 16.3 Å². The summed E-state index contributed by atoms with van der Waals surface area (Å²) in [5.74, 6) is 0.277. The molecule has 0 unspecified atom stereocenters. The Balaban J connectivity index is 1.37. The number of aromatic nitrogens is 1. The molecular formula is C27H29ClF2N2O3S. The minimum absolute atomic E-state index is 0.0583. The highest BCUT2D eigenvalue weighted by atomic mass is 35.5. The summed E-state index contributed by atoms with van der Waals surface area (Å²) in [6.45, 7) is 2.09. The maximum Gasteiger partial charge on any atom is 0.309 e. The maximum absolute atomic E-state index is 15.6. The average Bonchev–Trinajstić information content (AvgIpc) is 2.88. The minimum atomic E-state index is -1.42. The molecule has 1 N–H and O–H groups in total. The van der Waals surface area contributed by atoms with E-state index in [1.54, 1.807) is 42.1 Å². The molecule has 0 amide bonds. The number of rotatable bonds is 10. The van der Waals surface area contributed by atoms with Crippen LogP contribution in [-0.4, -0.2) is 53.5 Å². The van der Waals surface area contributed by atoms with Crippen molar-refractivity contribution in [2.45, 2.75) is 36.8 Å². The smallest absolute Gasteiger partial charge is 0.309 e. The van der Waals surface area contributed by atoms with Gasteiger partial charge in [-0.2, -0.15) is 0 Å². The number of nitrogens with zero attached hydrogens (tertiary/aromatic N) is 2. The van der Waals surface area contributed by atoms with Crippen LogP contribution in [0, 0.1) is 11.2 Å². The number of halogens is 3. The van der Waals surface area contributed by atoms with E-state index in [-0.39, 0.29) is 23.7 Å². The number of aliphatic carboxylic acids is 1. The Labute approximate surface area is 218 Å². The van der Waals surface area contributed by atoms with E-state index in [0.717, 1.165) is 17.2 Å². The molecule has 1 aliphatic rings. The zero-order valence-electron chi connectivity index (χ0n) is 20.1. The number of carboxylic acid groups (broad SMARTS) is 1. The normalized spacial score (nSPS) is 16.7. The Hall–Kier alpha value is -2.42. The molecule has 36 heavy (non-hydrogen) atoms. The van der Waals surface area contributed by atoms with Gasteiger partial charge in [-0.25, -0.2) is 8.78 Å². The Bertz CT molecular complexity index is 1200. The van der Waals surface area contributed by atoms with Crippen LogP contribution in [0.5, 0.6) is 5.75 Å². The summed E-state index contributed by atoms with van der Waals surface area (Å²) in [5, 5.41) is 10.9. The third-order valence-corrected chi connectivity index (χ3v) is 8.31. The summed E-state index contributed by atoms with van der Waals surface area (Å²) in [5.41, 5.74) is -0.0215. The van der Waals surface area contributed by atoms with Crippen molar-refractivity contribution in [3.8, 4) is 5.75 Å². The first kappa shape index (κ1) is 26.6. The second kappa shape index (κ2) is 11.8. The molecular weight excluding hydrogens is 506 g/mol. The largest absolute Gasteiger partial charge is 0.497 e. The molecule has 9 heteroatoms. The molecule has 0 spiro atoms. The third-order valence-electron chi connectivity index (χ3n) is 7.01. The number of fused-ring (bicyclic) bond motifs is 1. The van der Waals surface area contributed by atoms with Crippen LogP contribution in [0.4, 0.5) is 8.78 Å². The number of carboxylic acids is 1. The van der Waals surface area contributed by atoms with Crippen LogP contribution in [0.3, 0.4) is 0 Å². The number of thioether (sulfide) groups is 1. The van der Waals surface area contributed by atoms with Crippen molar-refractivity contribution in [2.24, 2.45) is 5.41 Å². The summed E-state index contributed by atoms with van der Waals surface area (Å²) >= 11 is 7.99. The lowest BCUT2D eigenvalue weighted by Gasteiger charge is -2.39. The second-order valence-corrected chi connectivity index (χ2v) is 10.7. The van der Waals surface area contributed by atoms with Gasteiger partial charge >= 0.3 is 5.97 Å². The van der Waals surface area contributed by atoms with E-state index in [9.17, 15) is 14.3 Å². The minimum Gasteiger partial charge on any atom is -0.497 e. The molecule has 5 nitrogen and oxygen atoms in total. The molecule has 1 saturated heterocycles. The molecule has 1 atom stereocenters. The number of benzene rings is 2. The number of hydrogen-bond acceptors (Lipinski definition) is 5. The van der Waals surface area contributed by atoms with Gasteiger partial charge in [0.1, 0.15) is 17.7 Å². The van der Waals surface area contributed by atoms with Gasteiger partial charge in [0, 0.05) is 34.3 Å². The zero-order chi connectivity index (χ0) is 25.7. The third kappa shape index (κ3) is 6.10. The highest BCUT2D eigenvalue weighted by Gasteiger charge is 2.41. The molecule has 1 fully saturated rings. The summed E-state index contributed by atoms with van der Waals surface area (Å²) in [6, 6.07) is 11.6. The monoisotopic (exact) mass is 534 g/mol. The van der Waals surface area contributed by atoms with Crippen molar-refractivity contribution < 1.29 is 23.4 Å². The van der Waals surface area contributed by atoms with Crippen molar-refractivity contribution in [1.82, 2.24) is 9.88 Å². The van der Waals surface area contributed by atoms with Gasteiger partial charge in [-0.05, 0) is 81.2 Å². The molecule has 0 bridgehead atoms. The van der Waals surface area contributed by atoms with Gasteiger partial charge < -0.3 is 14.7 Å². The van der Waals surface area contributed by atoms with E-state index >= 15 is 4.39 Å². The molecule has 3 aromatic rings. The summed E-state index contributed by atoms with van der Waals surface area (Å²) in [7, 11) is 1.54. The van der Waals surface area contributed by atoms with Gasteiger partial charge in [0.2, 0.25) is 0 Å². The van der Waals surface area contributed by atoms with Crippen molar-refractivity contribution >= 4 is 40.2 Å². The lowest BCUT2D eigenvalue weighted by molar-refractivity contribution is -0.153. The zero-order valence-corrected chi connectivity index (χ0v) is 21.6. The lowest BCUT2D eigenvalue weighted by Crippen LogP contribution is -2.45. The van der Waals surface area contributed by atoms with Crippen LogP contribution in [0.25, 0.3) is 10.9 Å². The molecule has 1 aromatic heterocycles. The number of alkyl halides is 1. The highest BCUT2D eigenvalue weighted by molar-refractivity contribution is 7.99. The Morgan fingerprint density at radius 2 is 1.97 bits per heavy atom. The Morgan fingerprint density at radius 1 is 1.25 bits per heavy atom. The van der Waals surface area contributed by atoms with Crippen LogP contribution in [0.15, 0.2) is 53.6 Å². The van der Waals surface area contributed by atoms with Gasteiger partial charge in [0.05, 0.1) is 23.1 Å². The number of ether oxygens (including phenoxy) is 1. The predicted molar refractivity (Wildman–Crippen MR) is 139 cm³/mol. The van der Waals surface area contributed by atoms with Crippen LogP contribution < -0.4 is 4.74 Å². The topological polar surface area (TPSA) is 62.7 Å². The van der Waals surface area contributed by atoms with E-state index in [0.29, 0.717) is 48.1 Å². The van der Waals surface area contributed by atoms with Crippen LogP contribution in [0.1, 0.15) is 37.4 Å². The van der Waals surface area contributed by atoms with Crippen molar-refractivity contribution in [3.63, 3.8) is 0 Å². The van der Waals surface area contributed by atoms with Crippen molar-refractivity contribution in [1.29, 1.82) is 0 Å². The fourth-order valence-electron chi connectivity index (χ4n) is 4.76. The van der Waals surface area contributed by atoms with E-state index in [1.807, 2.05) is 0 Å². The van der Waals surface area contributed by atoms with Gasteiger partial charge in [-0.15, -0.1) is 11.8 Å². The first-order chi connectivity index (χ1) is 17.3. The summed E-state index contributed by atoms with van der Waals surface area (Å²) in [4.78, 5) is 19.8. The number of carbonyl (C=O) groups is 1. The van der Waals surface area contributed by atoms with Gasteiger partial charge in [0.15, 0.2) is 0 Å². The van der Waals surface area contributed by atoms with Gasteiger partial charge in [-0.1, -0.05) is 11.6 Å². The van der Waals surface area contributed by atoms with Crippen LogP contribution >= 0.6 is 23.4 Å². The molecule has 0 radical (unpaired) electrons. The van der Waals surface area contributed by atoms with Crippen LogP contribution in [0.2, 0.25) is 5.02 Å². The standard InChI is InChI=1S/C27H29ClF2N2O3S/c1-35-19-4-7-24-21(16-19)25(22(28)17-31-24)23(30)8-9-27(26(33)34)10-12-32(13-11-27)14-15-36-20-5-2-18(29)3-6-20/h2-7,16-17,23H,8-15H2,1H3,(H,33,34)/t23-/m0/s1. The van der Waals surface area contributed by atoms with E-state index < -0.39 is 17.6 Å². The van der Waals surface area contributed by atoms with Crippen molar-refractivity contribution in [3.05, 3.63) is 65.1 Å².